The van der Waals surface area contributed by atoms with Crippen molar-refractivity contribution < 1.29 is 13.2 Å². The number of rotatable bonds is 3. The van der Waals surface area contributed by atoms with Crippen molar-refractivity contribution in [2.75, 3.05) is 13.4 Å². The maximum absolute atomic E-state index is 11.0. The van der Waals surface area contributed by atoms with E-state index in [-0.39, 0.29) is 5.75 Å². The van der Waals surface area contributed by atoms with Gasteiger partial charge >= 0.3 is 0 Å². The van der Waals surface area contributed by atoms with E-state index in [1.54, 1.807) is 31.4 Å². The van der Waals surface area contributed by atoms with Gasteiger partial charge < -0.3 is 4.74 Å². The summed E-state index contributed by atoms with van der Waals surface area (Å²) >= 11 is 0. The van der Waals surface area contributed by atoms with E-state index in [2.05, 4.69) is 0 Å². The summed E-state index contributed by atoms with van der Waals surface area (Å²) in [5.41, 5.74) is 0.752. The number of hydrogen-bond acceptors (Lipinski definition) is 3. The van der Waals surface area contributed by atoms with Crippen LogP contribution in [0.25, 0.3) is 0 Å². The standard InChI is InChI=1S/C9H12O3S/c1-12-9-5-3-4-8(6-9)7-13(2,10)11/h3-6H,7H2,1-2H3. The summed E-state index contributed by atoms with van der Waals surface area (Å²) in [6.07, 6.45) is 1.21. The normalized spacial score (nSPS) is 11.2. The summed E-state index contributed by atoms with van der Waals surface area (Å²) < 4.78 is 26.9. The van der Waals surface area contributed by atoms with Crippen LogP contribution in [0.4, 0.5) is 0 Å². The molecule has 0 spiro atoms. The largest absolute Gasteiger partial charge is 0.497 e. The second-order valence-corrected chi connectivity index (χ2v) is 5.06. The fraction of sp³-hybridized carbons (Fsp3) is 0.333. The van der Waals surface area contributed by atoms with Gasteiger partial charge in [-0.15, -0.1) is 0 Å². The molecule has 0 aliphatic rings. The van der Waals surface area contributed by atoms with Crippen LogP contribution in [-0.4, -0.2) is 21.8 Å². The van der Waals surface area contributed by atoms with Crippen LogP contribution in [0.15, 0.2) is 24.3 Å². The van der Waals surface area contributed by atoms with E-state index in [0.29, 0.717) is 5.75 Å². The van der Waals surface area contributed by atoms with E-state index in [4.69, 9.17) is 4.74 Å². The summed E-state index contributed by atoms with van der Waals surface area (Å²) in [6, 6.07) is 7.05. The molecule has 0 radical (unpaired) electrons. The minimum atomic E-state index is -2.96. The minimum Gasteiger partial charge on any atom is -0.497 e. The van der Waals surface area contributed by atoms with Gasteiger partial charge in [0.1, 0.15) is 5.75 Å². The Kier molecular flexibility index (Phi) is 2.93. The fourth-order valence-corrected chi connectivity index (χ4v) is 1.85. The van der Waals surface area contributed by atoms with Crippen molar-refractivity contribution in [2.24, 2.45) is 0 Å². The maximum atomic E-state index is 11.0. The van der Waals surface area contributed by atoms with Gasteiger partial charge in [-0.25, -0.2) is 8.42 Å². The van der Waals surface area contributed by atoms with Crippen LogP contribution >= 0.6 is 0 Å². The highest BCUT2D eigenvalue weighted by Gasteiger charge is 2.04. The van der Waals surface area contributed by atoms with Crippen LogP contribution in [0.1, 0.15) is 5.56 Å². The predicted octanol–water partition coefficient (Wildman–Crippen LogP) is 1.24. The van der Waals surface area contributed by atoms with E-state index in [0.717, 1.165) is 5.56 Å². The summed E-state index contributed by atoms with van der Waals surface area (Å²) in [7, 11) is -1.40. The Hall–Kier alpha value is -1.03. The first-order chi connectivity index (χ1) is 6.01. The van der Waals surface area contributed by atoms with E-state index in [9.17, 15) is 8.42 Å². The number of hydrogen-bond donors (Lipinski definition) is 0. The zero-order valence-electron chi connectivity index (χ0n) is 7.65. The number of sulfone groups is 1. The van der Waals surface area contributed by atoms with Crippen molar-refractivity contribution in [3.05, 3.63) is 29.8 Å². The van der Waals surface area contributed by atoms with Gasteiger partial charge in [-0.3, -0.25) is 0 Å². The van der Waals surface area contributed by atoms with Crippen molar-refractivity contribution in [3.8, 4) is 5.75 Å². The lowest BCUT2D eigenvalue weighted by Gasteiger charge is -2.02. The molecular weight excluding hydrogens is 188 g/mol. The van der Waals surface area contributed by atoms with Crippen LogP contribution in [0, 0.1) is 0 Å². The molecule has 72 valence electrons. The van der Waals surface area contributed by atoms with Gasteiger partial charge in [-0.1, -0.05) is 12.1 Å². The molecule has 13 heavy (non-hydrogen) atoms. The zero-order valence-corrected chi connectivity index (χ0v) is 8.47. The Labute approximate surface area is 78.3 Å². The molecule has 0 N–H and O–H groups in total. The Balaban J connectivity index is 2.90. The highest BCUT2D eigenvalue weighted by Crippen LogP contribution is 2.14. The predicted molar refractivity (Wildman–Crippen MR) is 51.5 cm³/mol. The third-order valence-corrected chi connectivity index (χ3v) is 2.42. The summed E-state index contributed by atoms with van der Waals surface area (Å²) in [5.74, 6) is 0.741. The van der Waals surface area contributed by atoms with Gasteiger partial charge in [-0.2, -0.15) is 0 Å². The van der Waals surface area contributed by atoms with Gasteiger partial charge in [0.2, 0.25) is 0 Å². The van der Waals surface area contributed by atoms with E-state index in [1.807, 2.05) is 0 Å². The smallest absolute Gasteiger partial charge is 0.151 e. The second kappa shape index (κ2) is 3.79. The first-order valence-electron chi connectivity index (χ1n) is 3.82. The second-order valence-electron chi connectivity index (χ2n) is 2.92. The fourth-order valence-electron chi connectivity index (χ4n) is 1.06. The van der Waals surface area contributed by atoms with Gasteiger partial charge in [0.15, 0.2) is 9.84 Å². The van der Waals surface area contributed by atoms with Crippen LogP contribution in [0.5, 0.6) is 5.75 Å². The van der Waals surface area contributed by atoms with Gasteiger partial charge in [0, 0.05) is 6.26 Å². The lowest BCUT2D eigenvalue weighted by Crippen LogP contribution is -2.00. The van der Waals surface area contributed by atoms with Crippen molar-refractivity contribution in [1.82, 2.24) is 0 Å². The lowest BCUT2D eigenvalue weighted by atomic mass is 10.2. The van der Waals surface area contributed by atoms with Crippen molar-refractivity contribution in [2.45, 2.75) is 5.75 Å². The topological polar surface area (TPSA) is 43.4 Å². The molecule has 1 aromatic rings. The first kappa shape index (κ1) is 10.1. The molecule has 0 aromatic heterocycles. The van der Waals surface area contributed by atoms with E-state index >= 15 is 0 Å². The van der Waals surface area contributed by atoms with Gasteiger partial charge in [-0.05, 0) is 17.7 Å². The van der Waals surface area contributed by atoms with Crippen LogP contribution in [0.2, 0.25) is 0 Å². The van der Waals surface area contributed by atoms with Gasteiger partial charge in [0.05, 0.1) is 12.9 Å². The molecule has 3 nitrogen and oxygen atoms in total. The minimum absolute atomic E-state index is 0.0597. The number of methoxy groups -OCH3 is 1. The van der Waals surface area contributed by atoms with Crippen LogP contribution in [0.3, 0.4) is 0 Å². The molecular formula is C9H12O3S. The van der Waals surface area contributed by atoms with E-state index < -0.39 is 9.84 Å². The Morgan fingerprint density at radius 1 is 1.38 bits per heavy atom. The lowest BCUT2D eigenvalue weighted by molar-refractivity contribution is 0.414. The molecule has 0 saturated heterocycles. The summed E-state index contributed by atoms with van der Waals surface area (Å²) in [5, 5.41) is 0. The zero-order chi connectivity index (χ0) is 9.90. The molecule has 0 heterocycles. The summed E-state index contributed by atoms with van der Waals surface area (Å²) in [4.78, 5) is 0. The average molecular weight is 200 g/mol. The maximum Gasteiger partial charge on any atom is 0.151 e. The Bertz CT molecular complexity index is 382. The third kappa shape index (κ3) is 3.46. The molecule has 0 amide bonds. The molecule has 0 saturated carbocycles. The highest BCUT2D eigenvalue weighted by atomic mass is 32.2. The quantitative estimate of drug-likeness (QED) is 0.737. The molecule has 1 rings (SSSR count). The Morgan fingerprint density at radius 3 is 2.62 bits per heavy atom. The molecule has 0 aliphatic carbocycles. The van der Waals surface area contributed by atoms with E-state index in [1.165, 1.54) is 6.26 Å². The molecule has 1 aromatic carbocycles. The molecule has 0 aliphatic heterocycles. The van der Waals surface area contributed by atoms with Crippen molar-refractivity contribution >= 4 is 9.84 Å². The van der Waals surface area contributed by atoms with Crippen LogP contribution in [-0.2, 0) is 15.6 Å². The summed E-state index contributed by atoms with van der Waals surface area (Å²) in [6.45, 7) is 0. The average Bonchev–Trinajstić information content (AvgIpc) is 2.01. The monoisotopic (exact) mass is 200 g/mol. The molecule has 4 heteroatoms. The molecule has 0 unspecified atom stereocenters. The number of ether oxygens (including phenoxy) is 1. The molecule has 0 fully saturated rings. The highest BCUT2D eigenvalue weighted by molar-refractivity contribution is 7.89. The third-order valence-electron chi connectivity index (χ3n) is 1.56. The SMILES string of the molecule is COc1cccc(CS(C)(=O)=O)c1. The Morgan fingerprint density at radius 2 is 2.08 bits per heavy atom. The van der Waals surface area contributed by atoms with Gasteiger partial charge in [0.25, 0.3) is 0 Å². The number of benzene rings is 1. The van der Waals surface area contributed by atoms with Crippen LogP contribution < -0.4 is 4.74 Å². The first-order valence-corrected chi connectivity index (χ1v) is 5.88. The molecule has 0 atom stereocenters. The van der Waals surface area contributed by atoms with Crippen molar-refractivity contribution in [1.29, 1.82) is 0 Å². The van der Waals surface area contributed by atoms with Crippen molar-refractivity contribution in [3.63, 3.8) is 0 Å². The molecule has 0 bridgehead atoms.